The molecule has 1 N–H and O–H groups in total. The summed E-state index contributed by atoms with van der Waals surface area (Å²) in [4.78, 5) is 49.8. The third-order valence-corrected chi connectivity index (χ3v) is 6.83. The quantitative estimate of drug-likeness (QED) is 0.185. The van der Waals surface area contributed by atoms with Gasteiger partial charge >= 0.3 is 0 Å². The maximum Gasteiger partial charge on any atom is 0.294 e. The van der Waals surface area contributed by atoms with Gasteiger partial charge in [-0.1, -0.05) is 30.3 Å². The Morgan fingerprint density at radius 3 is 2.60 bits per heavy atom. The molecule has 0 unspecified atom stereocenters. The number of amides is 3. The maximum absolute atomic E-state index is 13.0. The number of hydrogen-bond donors (Lipinski definition) is 1. The van der Waals surface area contributed by atoms with Crippen LogP contribution in [0.1, 0.15) is 29.2 Å². The molecular formula is C29H27N3O7S. The van der Waals surface area contributed by atoms with Crippen LogP contribution in [0.5, 0.6) is 11.5 Å². The van der Waals surface area contributed by atoms with Crippen LogP contribution in [0.15, 0.2) is 65.6 Å². The minimum atomic E-state index is -0.560. The molecule has 3 aromatic carbocycles. The van der Waals surface area contributed by atoms with Crippen LogP contribution in [0, 0.1) is 24.0 Å². The average molecular weight is 562 g/mol. The van der Waals surface area contributed by atoms with Crippen molar-refractivity contribution < 1.29 is 28.8 Å². The zero-order chi connectivity index (χ0) is 28.8. The fraction of sp³-hybridized carbons (Fsp3) is 0.207. The van der Waals surface area contributed by atoms with E-state index < -0.39 is 28.5 Å². The Bertz CT molecular complexity index is 1520. The van der Waals surface area contributed by atoms with Gasteiger partial charge in [0.2, 0.25) is 5.91 Å². The largest absolute Gasteiger partial charge is 0.490 e. The Morgan fingerprint density at radius 2 is 1.85 bits per heavy atom. The normalized spacial score (nSPS) is 14.0. The molecule has 11 heteroatoms. The first-order valence-corrected chi connectivity index (χ1v) is 13.2. The lowest BCUT2D eigenvalue weighted by Crippen LogP contribution is -2.36. The van der Waals surface area contributed by atoms with Gasteiger partial charge in [-0.3, -0.25) is 29.4 Å². The van der Waals surface area contributed by atoms with E-state index in [0.717, 1.165) is 27.8 Å². The third kappa shape index (κ3) is 6.86. The lowest BCUT2D eigenvalue weighted by Gasteiger charge is -2.14. The van der Waals surface area contributed by atoms with Crippen molar-refractivity contribution in [1.82, 2.24) is 4.90 Å². The van der Waals surface area contributed by atoms with E-state index in [1.54, 1.807) is 36.4 Å². The Labute approximate surface area is 235 Å². The Balaban J connectivity index is 1.45. The molecule has 0 spiro atoms. The summed E-state index contributed by atoms with van der Waals surface area (Å²) in [6.45, 7) is 5.62. The van der Waals surface area contributed by atoms with Crippen LogP contribution < -0.4 is 14.8 Å². The first-order valence-electron chi connectivity index (χ1n) is 12.4. The summed E-state index contributed by atoms with van der Waals surface area (Å²) in [7, 11) is 0. The van der Waals surface area contributed by atoms with E-state index in [0.29, 0.717) is 34.9 Å². The van der Waals surface area contributed by atoms with Gasteiger partial charge in [-0.25, -0.2) is 0 Å². The molecule has 206 valence electrons. The first-order chi connectivity index (χ1) is 19.1. The summed E-state index contributed by atoms with van der Waals surface area (Å²) >= 11 is 0.757. The number of non-ortho nitro benzene ring substituents is 1. The lowest BCUT2D eigenvalue weighted by molar-refractivity contribution is -0.384. The summed E-state index contributed by atoms with van der Waals surface area (Å²) < 4.78 is 11.6. The fourth-order valence-electron chi connectivity index (χ4n) is 3.91. The summed E-state index contributed by atoms with van der Waals surface area (Å²) in [5.41, 5.74) is 3.66. The minimum absolute atomic E-state index is 0.0295. The van der Waals surface area contributed by atoms with Gasteiger partial charge in [0.05, 0.1) is 16.4 Å². The molecule has 4 rings (SSSR count). The standard InChI is InChI=1S/C29H27N3O7S/c1-4-38-25-14-20(10-11-24(25)39-17-21-6-5-7-22(13-21)32(36)37)15-26-28(34)31(29(35)40-26)16-27(33)30-23-12-18(2)8-9-19(23)3/h5-15H,4,16-17H2,1-3H3,(H,30,33)/b26-15+. The van der Waals surface area contributed by atoms with E-state index in [1.807, 2.05) is 39.0 Å². The van der Waals surface area contributed by atoms with Crippen molar-refractivity contribution in [2.24, 2.45) is 0 Å². The van der Waals surface area contributed by atoms with Crippen LogP contribution in [0.3, 0.4) is 0 Å². The highest BCUT2D eigenvalue weighted by molar-refractivity contribution is 8.18. The number of anilines is 1. The van der Waals surface area contributed by atoms with Gasteiger partial charge in [-0.2, -0.15) is 0 Å². The predicted molar refractivity (Wildman–Crippen MR) is 152 cm³/mol. The number of nitro groups is 1. The van der Waals surface area contributed by atoms with Crippen molar-refractivity contribution in [2.45, 2.75) is 27.4 Å². The van der Waals surface area contributed by atoms with E-state index in [4.69, 9.17) is 9.47 Å². The van der Waals surface area contributed by atoms with Crippen molar-refractivity contribution in [2.75, 3.05) is 18.5 Å². The van der Waals surface area contributed by atoms with E-state index in [-0.39, 0.29) is 17.2 Å². The molecule has 3 amide bonds. The zero-order valence-corrected chi connectivity index (χ0v) is 22.9. The SMILES string of the molecule is CCOc1cc(/C=C2/SC(=O)N(CC(=O)Nc3cc(C)ccc3C)C2=O)ccc1OCc1cccc([N+](=O)[O-])c1. The highest BCUT2D eigenvalue weighted by Gasteiger charge is 2.36. The van der Waals surface area contributed by atoms with Crippen molar-refractivity contribution in [3.8, 4) is 11.5 Å². The van der Waals surface area contributed by atoms with E-state index >= 15 is 0 Å². The van der Waals surface area contributed by atoms with Gasteiger partial charge in [0.15, 0.2) is 11.5 Å². The van der Waals surface area contributed by atoms with Crippen LogP contribution in [0.25, 0.3) is 6.08 Å². The Morgan fingerprint density at radius 1 is 1.05 bits per heavy atom. The highest BCUT2D eigenvalue weighted by Crippen LogP contribution is 2.35. The van der Waals surface area contributed by atoms with E-state index in [1.165, 1.54) is 12.1 Å². The van der Waals surface area contributed by atoms with Crippen LogP contribution in [0.2, 0.25) is 0 Å². The topological polar surface area (TPSA) is 128 Å². The van der Waals surface area contributed by atoms with E-state index in [9.17, 15) is 24.5 Å². The number of thioether (sulfide) groups is 1. The number of nitrogens with zero attached hydrogens (tertiary/aromatic N) is 2. The smallest absolute Gasteiger partial charge is 0.294 e. The lowest BCUT2D eigenvalue weighted by atomic mass is 10.1. The third-order valence-electron chi connectivity index (χ3n) is 5.92. The number of benzene rings is 3. The van der Waals surface area contributed by atoms with Gasteiger partial charge in [0.25, 0.3) is 16.8 Å². The molecule has 1 saturated heterocycles. The van der Waals surface area contributed by atoms with Crippen molar-refractivity contribution in [1.29, 1.82) is 0 Å². The highest BCUT2D eigenvalue weighted by atomic mass is 32.2. The van der Waals surface area contributed by atoms with Crippen molar-refractivity contribution in [3.05, 3.63) is 97.9 Å². The number of carbonyl (C=O) groups is 3. The monoisotopic (exact) mass is 561 g/mol. The second-order valence-electron chi connectivity index (χ2n) is 8.99. The Kier molecular flexibility index (Phi) is 8.85. The number of hydrogen-bond acceptors (Lipinski definition) is 8. The van der Waals surface area contributed by atoms with Crippen LogP contribution in [-0.2, 0) is 16.2 Å². The molecule has 1 heterocycles. The predicted octanol–water partition coefficient (Wildman–Crippen LogP) is 5.86. The molecule has 1 aliphatic rings. The number of imide groups is 1. The second-order valence-corrected chi connectivity index (χ2v) is 9.98. The van der Waals surface area contributed by atoms with Gasteiger partial charge in [-0.05, 0) is 79.1 Å². The summed E-state index contributed by atoms with van der Waals surface area (Å²) in [5.74, 6) is -0.202. The molecule has 0 radical (unpaired) electrons. The zero-order valence-electron chi connectivity index (χ0n) is 22.1. The number of aryl methyl sites for hydroxylation is 2. The minimum Gasteiger partial charge on any atom is -0.490 e. The summed E-state index contributed by atoms with van der Waals surface area (Å²) in [5, 5.41) is 13.3. The molecule has 0 saturated carbocycles. The van der Waals surface area contributed by atoms with Crippen LogP contribution in [-0.4, -0.2) is 40.0 Å². The molecule has 1 fully saturated rings. The van der Waals surface area contributed by atoms with Crippen LogP contribution >= 0.6 is 11.8 Å². The molecule has 10 nitrogen and oxygen atoms in total. The summed E-state index contributed by atoms with van der Waals surface area (Å²) in [6, 6.07) is 16.8. The average Bonchev–Trinajstić information content (AvgIpc) is 3.17. The van der Waals surface area contributed by atoms with Gasteiger partial charge < -0.3 is 14.8 Å². The van der Waals surface area contributed by atoms with Crippen LogP contribution in [0.4, 0.5) is 16.2 Å². The van der Waals surface area contributed by atoms with Gasteiger partial charge in [-0.15, -0.1) is 0 Å². The first kappa shape index (κ1) is 28.4. The molecule has 3 aromatic rings. The molecular weight excluding hydrogens is 534 g/mol. The molecule has 0 aromatic heterocycles. The number of rotatable bonds is 10. The number of nitro benzene ring substituents is 1. The van der Waals surface area contributed by atoms with Crippen molar-refractivity contribution in [3.63, 3.8) is 0 Å². The Hall–Kier alpha value is -4.64. The van der Waals surface area contributed by atoms with Crippen molar-refractivity contribution >= 4 is 46.3 Å². The molecule has 0 atom stereocenters. The number of ether oxygens (including phenoxy) is 2. The molecule has 0 bridgehead atoms. The van der Waals surface area contributed by atoms with E-state index in [2.05, 4.69) is 5.32 Å². The molecule has 1 aliphatic heterocycles. The number of carbonyl (C=O) groups excluding carboxylic acids is 3. The molecule has 0 aliphatic carbocycles. The number of nitrogens with one attached hydrogen (secondary N) is 1. The second kappa shape index (κ2) is 12.5. The van der Waals surface area contributed by atoms with Gasteiger partial charge in [0, 0.05) is 17.8 Å². The summed E-state index contributed by atoms with van der Waals surface area (Å²) in [6.07, 6.45) is 1.56. The maximum atomic E-state index is 13.0. The van der Waals surface area contributed by atoms with Gasteiger partial charge in [0.1, 0.15) is 13.2 Å². The fourth-order valence-corrected chi connectivity index (χ4v) is 4.75. The molecule has 40 heavy (non-hydrogen) atoms.